The lowest BCUT2D eigenvalue weighted by molar-refractivity contribution is 0.386. The molecule has 0 saturated carbocycles. The highest BCUT2D eigenvalue weighted by molar-refractivity contribution is 7.89. The van der Waals surface area contributed by atoms with Crippen molar-refractivity contribution in [3.8, 4) is 11.9 Å². The number of benzene rings is 1. The fourth-order valence-electron chi connectivity index (χ4n) is 2.40. The number of sulfonamides is 1. The minimum absolute atomic E-state index is 0.000519. The van der Waals surface area contributed by atoms with Crippen LogP contribution in [0.3, 0.4) is 0 Å². The van der Waals surface area contributed by atoms with Gasteiger partial charge < -0.3 is 9.64 Å². The predicted molar refractivity (Wildman–Crippen MR) is 78.5 cm³/mol. The average molecular weight is 330 g/mol. The monoisotopic (exact) mass is 329 g/mol. The van der Waals surface area contributed by atoms with Crippen molar-refractivity contribution in [3.63, 3.8) is 0 Å². The van der Waals surface area contributed by atoms with Gasteiger partial charge in [-0.2, -0.15) is 5.26 Å². The van der Waals surface area contributed by atoms with Gasteiger partial charge in [-0.3, -0.25) is 0 Å². The summed E-state index contributed by atoms with van der Waals surface area (Å²) in [5.41, 5.74) is 0. The van der Waals surface area contributed by atoms with E-state index in [-0.39, 0.29) is 22.7 Å². The van der Waals surface area contributed by atoms with E-state index in [0.717, 1.165) is 0 Å². The van der Waals surface area contributed by atoms with Crippen LogP contribution in [0.5, 0.6) is 5.75 Å². The molecule has 1 saturated heterocycles. The Morgan fingerprint density at radius 2 is 2.24 bits per heavy atom. The maximum Gasteiger partial charge on any atom is 0.244 e. The maximum atomic E-state index is 12.5. The van der Waals surface area contributed by atoms with Crippen molar-refractivity contribution in [2.45, 2.75) is 30.3 Å². The second-order valence-electron chi connectivity index (χ2n) is 4.95. The van der Waals surface area contributed by atoms with Crippen molar-refractivity contribution >= 4 is 21.6 Å². The van der Waals surface area contributed by atoms with Gasteiger partial charge in [0, 0.05) is 23.7 Å². The van der Waals surface area contributed by atoms with Crippen LogP contribution >= 0.6 is 11.6 Å². The molecule has 2 atom stereocenters. The van der Waals surface area contributed by atoms with Crippen molar-refractivity contribution < 1.29 is 13.2 Å². The van der Waals surface area contributed by atoms with E-state index in [1.807, 2.05) is 6.92 Å². The van der Waals surface area contributed by atoms with E-state index in [4.69, 9.17) is 21.6 Å². The molecule has 8 heteroatoms. The van der Waals surface area contributed by atoms with E-state index in [2.05, 4.69) is 10.9 Å². The van der Waals surface area contributed by atoms with Gasteiger partial charge in [-0.05, 0) is 31.5 Å². The van der Waals surface area contributed by atoms with Crippen molar-refractivity contribution in [1.29, 1.82) is 5.26 Å². The summed E-state index contributed by atoms with van der Waals surface area (Å²) in [5, 5.41) is 9.26. The lowest BCUT2D eigenvalue weighted by Crippen LogP contribution is -2.36. The summed E-state index contributed by atoms with van der Waals surface area (Å²) in [5.74, 6) is 0.232. The largest absolute Gasteiger partial charge is 0.495 e. The number of hydrogen-bond donors (Lipinski definition) is 1. The van der Waals surface area contributed by atoms with Crippen LogP contribution in [-0.2, 0) is 10.0 Å². The first-order valence-corrected chi connectivity index (χ1v) is 8.25. The summed E-state index contributed by atoms with van der Waals surface area (Å²) in [7, 11) is -2.36. The number of ether oxygens (including phenoxy) is 1. The summed E-state index contributed by atoms with van der Waals surface area (Å²) in [6, 6.07) is 4.13. The Hall–Kier alpha value is -1.49. The summed E-state index contributed by atoms with van der Waals surface area (Å²) < 4.78 is 32.6. The Morgan fingerprint density at radius 3 is 2.81 bits per heavy atom. The van der Waals surface area contributed by atoms with Crippen LogP contribution in [0.2, 0.25) is 5.02 Å². The Balaban J connectivity index is 2.24. The van der Waals surface area contributed by atoms with Gasteiger partial charge in [0.1, 0.15) is 10.6 Å². The molecule has 1 aromatic carbocycles. The van der Waals surface area contributed by atoms with Crippen molar-refractivity contribution in [3.05, 3.63) is 23.2 Å². The van der Waals surface area contributed by atoms with Crippen LogP contribution in [0.15, 0.2) is 23.1 Å². The topological polar surface area (TPSA) is 82.4 Å². The highest BCUT2D eigenvalue weighted by Crippen LogP contribution is 2.28. The normalized spacial score (nSPS) is 22.1. The molecule has 0 bridgehead atoms. The maximum absolute atomic E-state index is 12.5. The zero-order valence-corrected chi connectivity index (χ0v) is 13.3. The van der Waals surface area contributed by atoms with Gasteiger partial charge in [0.05, 0.1) is 7.11 Å². The minimum Gasteiger partial charge on any atom is -0.495 e. The van der Waals surface area contributed by atoms with Crippen LogP contribution in [0.4, 0.5) is 0 Å². The predicted octanol–water partition coefficient (Wildman–Crippen LogP) is 1.57. The number of methoxy groups -OCH3 is 1. The SMILES string of the molecule is COc1ccc(Cl)cc1S(=O)(=O)N[C@@H]1C[C@H](C)N(C#N)C1. The number of rotatable bonds is 4. The van der Waals surface area contributed by atoms with E-state index in [9.17, 15) is 8.42 Å². The molecule has 1 N–H and O–H groups in total. The molecule has 21 heavy (non-hydrogen) atoms. The van der Waals surface area contributed by atoms with E-state index in [0.29, 0.717) is 18.0 Å². The molecule has 1 aliphatic heterocycles. The van der Waals surface area contributed by atoms with Gasteiger partial charge in [0.2, 0.25) is 10.0 Å². The number of nitrogens with zero attached hydrogens (tertiary/aromatic N) is 2. The summed E-state index contributed by atoms with van der Waals surface area (Å²) in [6.45, 7) is 2.25. The summed E-state index contributed by atoms with van der Waals surface area (Å²) in [4.78, 5) is 1.56. The fraction of sp³-hybridized carbons (Fsp3) is 0.462. The molecule has 1 fully saturated rings. The molecule has 2 rings (SSSR count). The Morgan fingerprint density at radius 1 is 1.52 bits per heavy atom. The van der Waals surface area contributed by atoms with Gasteiger partial charge in [-0.1, -0.05) is 11.6 Å². The zero-order chi connectivity index (χ0) is 15.6. The van der Waals surface area contributed by atoms with Crippen LogP contribution in [-0.4, -0.2) is 39.1 Å². The first-order chi connectivity index (χ1) is 9.87. The first kappa shape index (κ1) is 15.9. The molecule has 6 nitrogen and oxygen atoms in total. The van der Waals surface area contributed by atoms with Gasteiger partial charge in [-0.25, -0.2) is 13.1 Å². The molecule has 1 heterocycles. The minimum atomic E-state index is -3.76. The van der Waals surface area contributed by atoms with Gasteiger partial charge in [0.25, 0.3) is 0 Å². The lowest BCUT2D eigenvalue weighted by Gasteiger charge is -2.15. The molecule has 0 aromatic heterocycles. The third-order valence-electron chi connectivity index (χ3n) is 3.44. The standard InChI is InChI=1S/C13H16ClN3O3S/c1-9-5-11(7-17(9)8-15)16-21(18,19)13-6-10(14)3-4-12(13)20-2/h3-4,6,9,11,16H,5,7H2,1-2H3/t9-,11+/m0/s1. The van der Waals surface area contributed by atoms with Crippen LogP contribution < -0.4 is 9.46 Å². The number of likely N-dealkylation sites (tertiary alicyclic amines) is 1. The molecular weight excluding hydrogens is 314 g/mol. The first-order valence-electron chi connectivity index (χ1n) is 6.39. The fourth-order valence-corrected chi connectivity index (χ4v) is 4.07. The quantitative estimate of drug-likeness (QED) is 0.848. The highest BCUT2D eigenvalue weighted by atomic mass is 35.5. The zero-order valence-electron chi connectivity index (χ0n) is 11.7. The third-order valence-corrected chi connectivity index (χ3v) is 5.22. The van der Waals surface area contributed by atoms with Crippen molar-refractivity contribution in [1.82, 2.24) is 9.62 Å². The average Bonchev–Trinajstić information content (AvgIpc) is 2.77. The molecule has 0 aliphatic carbocycles. The molecule has 0 unspecified atom stereocenters. The number of nitrogens with one attached hydrogen (secondary N) is 1. The highest BCUT2D eigenvalue weighted by Gasteiger charge is 2.32. The van der Waals surface area contributed by atoms with Crippen LogP contribution in [0.1, 0.15) is 13.3 Å². The number of nitriles is 1. The second kappa shape index (κ2) is 6.10. The Kier molecular flexibility index (Phi) is 4.61. The number of halogens is 1. The Labute approximate surface area is 129 Å². The van der Waals surface area contributed by atoms with E-state index >= 15 is 0 Å². The van der Waals surface area contributed by atoms with Gasteiger partial charge in [0.15, 0.2) is 6.19 Å². The van der Waals surface area contributed by atoms with Crippen molar-refractivity contribution in [2.24, 2.45) is 0 Å². The van der Waals surface area contributed by atoms with Crippen molar-refractivity contribution in [2.75, 3.05) is 13.7 Å². The molecule has 1 aromatic rings. The summed E-state index contributed by atoms with van der Waals surface area (Å²) >= 11 is 5.87. The Bertz CT molecular complexity index is 672. The van der Waals surface area contributed by atoms with E-state index in [1.54, 1.807) is 11.0 Å². The molecule has 114 valence electrons. The smallest absolute Gasteiger partial charge is 0.244 e. The van der Waals surface area contributed by atoms with Crippen LogP contribution in [0.25, 0.3) is 0 Å². The summed E-state index contributed by atoms with van der Waals surface area (Å²) in [6.07, 6.45) is 2.63. The van der Waals surface area contributed by atoms with Gasteiger partial charge >= 0.3 is 0 Å². The molecule has 0 radical (unpaired) electrons. The molecule has 0 amide bonds. The van der Waals surface area contributed by atoms with Crippen LogP contribution in [0, 0.1) is 11.5 Å². The second-order valence-corrected chi connectivity index (χ2v) is 7.07. The number of hydrogen-bond acceptors (Lipinski definition) is 5. The van der Waals surface area contributed by atoms with E-state index in [1.165, 1.54) is 19.2 Å². The van der Waals surface area contributed by atoms with Gasteiger partial charge in [-0.15, -0.1) is 0 Å². The van der Waals surface area contributed by atoms with E-state index < -0.39 is 10.0 Å². The molecule has 1 aliphatic rings. The molecule has 0 spiro atoms. The molecular formula is C13H16ClN3O3S. The lowest BCUT2D eigenvalue weighted by atomic mass is 10.2. The third kappa shape index (κ3) is 3.40.